The molecule has 5 heteroatoms. The van der Waals surface area contributed by atoms with Crippen molar-refractivity contribution in [2.45, 2.75) is 19.8 Å². The van der Waals surface area contributed by atoms with E-state index in [1.165, 1.54) is 5.56 Å². The first kappa shape index (κ1) is 15.0. The van der Waals surface area contributed by atoms with Gasteiger partial charge >= 0.3 is 0 Å². The fourth-order valence-electron chi connectivity index (χ4n) is 1.97. The van der Waals surface area contributed by atoms with Gasteiger partial charge in [0, 0.05) is 20.1 Å². The Kier molecular flexibility index (Phi) is 6.43. The van der Waals surface area contributed by atoms with E-state index in [0.717, 1.165) is 32.1 Å². The van der Waals surface area contributed by atoms with Crippen molar-refractivity contribution >= 4 is 0 Å². The summed E-state index contributed by atoms with van der Waals surface area (Å²) in [5.74, 6) is 0.556. The van der Waals surface area contributed by atoms with E-state index in [0.29, 0.717) is 5.82 Å². The zero-order chi connectivity index (χ0) is 14.1. The van der Waals surface area contributed by atoms with Gasteiger partial charge in [0.15, 0.2) is 5.82 Å². The van der Waals surface area contributed by atoms with Crippen molar-refractivity contribution in [1.29, 1.82) is 0 Å². The van der Waals surface area contributed by atoms with Crippen LogP contribution < -0.4 is 5.32 Å². The average Bonchev–Trinajstić information content (AvgIpc) is 2.42. The van der Waals surface area contributed by atoms with Crippen molar-refractivity contribution in [3.63, 3.8) is 0 Å². The van der Waals surface area contributed by atoms with Crippen molar-refractivity contribution in [3.05, 3.63) is 58.0 Å². The molecule has 1 aromatic carbocycles. The monoisotopic (exact) mass is 263 g/mol. The minimum Gasteiger partial charge on any atom is -0.370 e. The lowest BCUT2D eigenvalue weighted by molar-refractivity contribution is -0.404. The highest BCUT2D eigenvalue weighted by atomic mass is 16.6. The quantitative estimate of drug-likeness (QED) is 0.577. The van der Waals surface area contributed by atoms with Crippen molar-refractivity contribution in [3.8, 4) is 0 Å². The number of hydrogen-bond donors (Lipinski definition) is 1. The van der Waals surface area contributed by atoms with E-state index in [4.69, 9.17) is 0 Å². The number of hydrogen-bond acceptors (Lipinski definition) is 4. The highest BCUT2D eigenvalue weighted by Crippen LogP contribution is 2.06. The molecule has 1 aromatic rings. The second kappa shape index (κ2) is 8.13. The smallest absolute Gasteiger partial charge is 0.274 e. The SMILES string of the molecule is CCN(CCCc1ccccc1)C(=C[N+](=O)[O-])NC. The second-order valence-corrected chi connectivity index (χ2v) is 4.22. The first-order valence-electron chi connectivity index (χ1n) is 6.49. The Morgan fingerprint density at radius 2 is 2.11 bits per heavy atom. The summed E-state index contributed by atoms with van der Waals surface area (Å²) < 4.78 is 0. The lowest BCUT2D eigenvalue weighted by Crippen LogP contribution is -2.31. The molecule has 0 aliphatic heterocycles. The second-order valence-electron chi connectivity index (χ2n) is 4.22. The Bertz CT molecular complexity index is 418. The van der Waals surface area contributed by atoms with Gasteiger partial charge in [-0.05, 0) is 25.3 Å². The topological polar surface area (TPSA) is 58.4 Å². The minimum atomic E-state index is -0.425. The molecule has 0 radical (unpaired) electrons. The maximum absolute atomic E-state index is 10.5. The van der Waals surface area contributed by atoms with E-state index in [1.807, 2.05) is 30.0 Å². The number of rotatable bonds is 8. The van der Waals surface area contributed by atoms with Gasteiger partial charge in [0.25, 0.3) is 6.20 Å². The number of nitrogens with one attached hydrogen (secondary N) is 1. The summed E-state index contributed by atoms with van der Waals surface area (Å²) in [6.45, 7) is 3.54. The molecule has 0 unspecified atom stereocenters. The summed E-state index contributed by atoms with van der Waals surface area (Å²) in [4.78, 5) is 12.1. The maximum atomic E-state index is 10.5. The van der Waals surface area contributed by atoms with Crippen molar-refractivity contribution in [2.24, 2.45) is 0 Å². The molecule has 0 bridgehead atoms. The van der Waals surface area contributed by atoms with Gasteiger partial charge in [-0.25, -0.2) is 0 Å². The molecule has 104 valence electrons. The molecular formula is C14H21N3O2. The van der Waals surface area contributed by atoms with Crippen LogP contribution in [0.15, 0.2) is 42.4 Å². The molecule has 0 aliphatic rings. The molecule has 0 aromatic heterocycles. The van der Waals surface area contributed by atoms with Crippen LogP contribution in [0.4, 0.5) is 0 Å². The first-order valence-corrected chi connectivity index (χ1v) is 6.49. The number of nitro groups is 1. The van der Waals surface area contributed by atoms with Gasteiger partial charge in [0.05, 0.1) is 4.92 Å². The highest BCUT2D eigenvalue weighted by Gasteiger charge is 2.09. The van der Waals surface area contributed by atoms with E-state index in [2.05, 4.69) is 17.4 Å². The average molecular weight is 263 g/mol. The van der Waals surface area contributed by atoms with Crippen LogP contribution in [0.1, 0.15) is 18.9 Å². The molecule has 0 saturated heterocycles. The van der Waals surface area contributed by atoms with Crippen LogP contribution in [0.3, 0.4) is 0 Å². The van der Waals surface area contributed by atoms with Crippen LogP contribution in [0.2, 0.25) is 0 Å². The first-order chi connectivity index (χ1) is 9.17. The lowest BCUT2D eigenvalue weighted by atomic mass is 10.1. The Labute approximate surface area is 114 Å². The van der Waals surface area contributed by atoms with Gasteiger partial charge in [-0.15, -0.1) is 0 Å². The van der Waals surface area contributed by atoms with E-state index in [1.54, 1.807) is 7.05 Å². The van der Waals surface area contributed by atoms with Gasteiger partial charge in [-0.3, -0.25) is 10.1 Å². The lowest BCUT2D eigenvalue weighted by Gasteiger charge is -2.23. The van der Waals surface area contributed by atoms with Crippen LogP contribution >= 0.6 is 0 Å². The third-order valence-corrected chi connectivity index (χ3v) is 2.94. The fraction of sp³-hybridized carbons (Fsp3) is 0.429. The Hall–Kier alpha value is -2.04. The van der Waals surface area contributed by atoms with E-state index < -0.39 is 4.92 Å². The van der Waals surface area contributed by atoms with Gasteiger partial charge < -0.3 is 10.2 Å². The van der Waals surface area contributed by atoms with Crippen LogP contribution in [-0.4, -0.2) is 30.0 Å². The van der Waals surface area contributed by atoms with E-state index in [-0.39, 0.29) is 0 Å². The number of nitrogens with zero attached hydrogens (tertiary/aromatic N) is 2. The molecule has 19 heavy (non-hydrogen) atoms. The zero-order valence-electron chi connectivity index (χ0n) is 11.5. The normalized spacial score (nSPS) is 11.2. The van der Waals surface area contributed by atoms with E-state index in [9.17, 15) is 10.1 Å². The molecule has 0 aliphatic carbocycles. The summed E-state index contributed by atoms with van der Waals surface area (Å²) in [7, 11) is 1.70. The van der Waals surface area contributed by atoms with Gasteiger partial charge in [-0.1, -0.05) is 30.3 Å². The minimum absolute atomic E-state index is 0.425. The predicted octanol–water partition coefficient (Wildman–Crippen LogP) is 2.24. The number of benzene rings is 1. The predicted molar refractivity (Wildman–Crippen MR) is 76.1 cm³/mol. The fourth-order valence-corrected chi connectivity index (χ4v) is 1.97. The van der Waals surface area contributed by atoms with Crippen molar-refractivity contribution in [1.82, 2.24) is 10.2 Å². The van der Waals surface area contributed by atoms with Gasteiger partial charge in [-0.2, -0.15) is 0 Å². The largest absolute Gasteiger partial charge is 0.370 e. The molecule has 5 nitrogen and oxygen atoms in total. The van der Waals surface area contributed by atoms with Crippen molar-refractivity contribution < 1.29 is 4.92 Å². The molecule has 0 fully saturated rings. The Morgan fingerprint density at radius 3 is 2.63 bits per heavy atom. The Morgan fingerprint density at radius 1 is 1.42 bits per heavy atom. The van der Waals surface area contributed by atoms with Gasteiger partial charge in [0.2, 0.25) is 0 Å². The van der Waals surface area contributed by atoms with Gasteiger partial charge in [0.1, 0.15) is 0 Å². The maximum Gasteiger partial charge on any atom is 0.274 e. The molecular weight excluding hydrogens is 242 g/mol. The molecule has 1 N–H and O–H groups in total. The Balaban J connectivity index is 2.50. The molecule has 0 heterocycles. The molecule has 0 spiro atoms. The molecule has 0 saturated carbocycles. The molecule has 0 amide bonds. The van der Waals surface area contributed by atoms with Crippen LogP contribution in [0, 0.1) is 10.1 Å². The van der Waals surface area contributed by atoms with Crippen LogP contribution in [0.25, 0.3) is 0 Å². The number of aryl methyl sites for hydroxylation is 1. The summed E-state index contributed by atoms with van der Waals surface area (Å²) in [5.41, 5.74) is 1.29. The third kappa shape index (κ3) is 5.42. The molecule has 0 atom stereocenters. The molecule has 1 rings (SSSR count). The van der Waals surface area contributed by atoms with E-state index >= 15 is 0 Å². The third-order valence-electron chi connectivity index (χ3n) is 2.94. The van der Waals surface area contributed by atoms with Crippen molar-refractivity contribution in [2.75, 3.05) is 20.1 Å². The summed E-state index contributed by atoms with van der Waals surface area (Å²) in [6.07, 6.45) is 2.97. The van der Waals surface area contributed by atoms with Crippen LogP contribution in [0.5, 0.6) is 0 Å². The highest BCUT2D eigenvalue weighted by molar-refractivity contribution is 5.14. The summed E-state index contributed by atoms with van der Waals surface area (Å²) in [5, 5.41) is 13.4. The van der Waals surface area contributed by atoms with Crippen LogP contribution in [-0.2, 0) is 6.42 Å². The summed E-state index contributed by atoms with van der Waals surface area (Å²) >= 11 is 0. The standard InChI is InChI=1S/C14H21N3O2/c1-3-16(14(15-2)12-17(18)19)11-7-10-13-8-5-4-6-9-13/h4-6,8-9,12,15H,3,7,10-11H2,1-2H3. The summed E-state index contributed by atoms with van der Waals surface area (Å²) in [6, 6.07) is 10.3. The zero-order valence-corrected chi connectivity index (χ0v) is 11.5.